The Kier molecular flexibility index (Phi) is 7.01. The van der Waals surface area contributed by atoms with Gasteiger partial charge in [0, 0.05) is 40.9 Å². The van der Waals surface area contributed by atoms with E-state index in [1.165, 1.54) is 6.07 Å². The van der Waals surface area contributed by atoms with Crippen molar-refractivity contribution in [3.05, 3.63) is 57.7 Å². The fourth-order valence-corrected chi connectivity index (χ4v) is 4.75. The van der Waals surface area contributed by atoms with Crippen LogP contribution in [0.1, 0.15) is 105 Å². The van der Waals surface area contributed by atoms with E-state index in [-0.39, 0.29) is 17.4 Å². The molecule has 2 aromatic rings. The first-order valence-electron chi connectivity index (χ1n) is 11.3. The standard InChI is InChI=1S/C25H33F3N2O2/c1-7-16-20-17(11-24(5,6)12-18(20)32-8-2)30-22(14(3)4)21(16)23(31)15-9-10-19(29-13-15)25(26,27)28/h9-10,13-14,18,23,31H,7-8,11-12H2,1-6H3/t18?,23-/m0/s1. The van der Waals surface area contributed by atoms with Gasteiger partial charge in [0.1, 0.15) is 11.8 Å². The minimum atomic E-state index is -4.52. The first-order valence-corrected chi connectivity index (χ1v) is 11.3. The van der Waals surface area contributed by atoms with Gasteiger partial charge in [-0.15, -0.1) is 0 Å². The zero-order chi connectivity index (χ0) is 23.8. The lowest BCUT2D eigenvalue weighted by Gasteiger charge is -2.39. The summed E-state index contributed by atoms with van der Waals surface area (Å²) in [6.07, 6.45) is -2.33. The molecule has 0 fully saturated rings. The lowest BCUT2D eigenvalue weighted by Crippen LogP contribution is -2.31. The summed E-state index contributed by atoms with van der Waals surface area (Å²) in [7, 11) is 0. The van der Waals surface area contributed by atoms with Crippen LogP contribution >= 0.6 is 0 Å². The number of aromatic nitrogens is 2. The molecule has 176 valence electrons. The number of alkyl halides is 3. The Morgan fingerprint density at radius 1 is 1.22 bits per heavy atom. The average Bonchev–Trinajstić information content (AvgIpc) is 2.70. The molecule has 0 saturated carbocycles. The lowest BCUT2D eigenvalue weighted by molar-refractivity contribution is -0.141. The highest BCUT2D eigenvalue weighted by Crippen LogP contribution is 2.46. The van der Waals surface area contributed by atoms with E-state index in [0.717, 1.165) is 47.6 Å². The molecule has 0 radical (unpaired) electrons. The molecule has 1 N–H and O–H groups in total. The van der Waals surface area contributed by atoms with Crippen molar-refractivity contribution < 1.29 is 23.0 Å². The fourth-order valence-electron chi connectivity index (χ4n) is 4.75. The summed E-state index contributed by atoms with van der Waals surface area (Å²) in [5.74, 6) is 0.0354. The number of hydrogen-bond donors (Lipinski definition) is 1. The number of hydrogen-bond acceptors (Lipinski definition) is 4. The van der Waals surface area contributed by atoms with Gasteiger partial charge in [0.05, 0.1) is 6.10 Å². The molecule has 7 heteroatoms. The Morgan fingerprint density at radius 2 is 1.91 bits per heavy atom. The summed E-state index contributed by atoms with van der Waals surface area (Å²) < 4.78 is 45.0. The molecule has 1 aliphatic rings. The molecular formula is C25H33F3N2O2. The molecule has 0 bridgehead atoms. The van der Waals surface area contributed by atoms with E-state index in [0.29, 0.717) is 24.2 Å². The van der Waals surface area contributed by atoms with E-state index in [1.807, 2.05) is 27.7 Å². The number of rotatable bonds is 6. The van der Waals surface area contributed by atoms with Crippen LogP contribution in [0.3, 0.4) is 0 Å². The van der Waals surface area contributed by atoms with Gasteiger partial charge in [-0.3, -0.25) is 9.97 Å². The highest BCUT2D eigenvalue weighted by Gasteiger charge is 2.38. The Bertz CT molecular complexity index is 953. The van der Waals surface area contributed by atoms with Gasteiger partial charge < -0.3 is 9.84 Å². The SMILES string of the molecule is CCOC1CC(C)(C)Cc2nc(C(C)C)c([C@@H](O)c3ccc(C(F)(F)F)nc3)c(CC)c21. The van der Waals surface area contributed by atoms with E-state index < -0.39 is 18.0 Å². The van der Waals surface area contributed by atoms with Gasteiger partial charge in [-0.25, -0.2) is 0 Å². The molecule has 2 aromatic heterocycles. The molecule has 4 nitrogen and oxygen atoms in total. The molecule has 0 amide bonds. The second-order valence-electron chi connectivity index (χ2n) is 9.62. The Labute approximate surface area is 188 Å². The third-order valence-corrected chi connectivity index (χ3v) is 6.13. The van der Waals surface area contributed by atoms with E-state index in [9.17, 15) is 18.3 Å². The second-order valence-corrected chi connectivity index (χ2v) is 9.62. The van der Waals surface area contributed by atoms with Gasteiger partial charge in [0.25, 0.3) is 0 Å². The molecule has 3 rings (SSSR count). The van der Waals surface area contributed by atoms with Gasteiger partial charge in [-0.2, -0.15) is 13.2 Å². The van der Waals surface area contributed by atoms with Crippen molar-refractivity contribution in [2.75, 3.05) is 6.61 Å². The fraction of sp³-hybridized carbons (Fsp3) is 0.600. The van der Waals surface area contributed by atoms with Crippen LogP contribution in [0.5, 0.6) is 0 Å². The molecule has 1 unspecified atom stereocenters. The molecule has 0 aromatic carbocycles. The zero-order valence-electron chi connectivity index (χ0n) is 19.7. The predicted molar refractivity (Wildman–Crippen MR) is 117 cm³/mol. The van der Waals surface area contributed by atoms with Crippen molar-refractivity contribution >= 4 is 0 Å². The van der Waals surface area contributed by atoms with Crippen LogP contribution in [0, 0.1) is 5.41 Å². The van der Waals surface area contributed by atoms with Crippen molar-refractivity contribution in [1.29, 1.82) is 0 Å². The number of halogens is 3. The van der Waals surface area contributed by atoms with Crippen LogP contribution in [0.4, 0.5) is 13.2 Å². The number of fused-ring (bicyclic) bond motifs is 1. The maximum absolute atomic E-state index is 13.0. The molecular weight excluding hydrogens is 417 g/mol. The third-order valence-electron chi connectivity index (χ3n) is 6.13. The summed E-state index contributed by atoms with van der Waals surface area (Å²) >= 11 is 0. The predicted octanol–water partition coefficient (Wildman–Crippen LogP) is 6.31. The highest BCUT2D eigenvalue weighted by molar-refractivity contribution is 5.48. The van der Waals surface area contributed by atoms with E-state index in [1.54, 1.807) is 0 Å². The van der Waals surface area contributed by atoms with Crippen LogP contribution in [0.15, 0.2) is 18.3 Å². The minimum absolute atomic E-state index is 0.0354. The maximum atomic E-state index is 13.0. The Hall–Kier alpha value is -1.99. The smallest absolute Gasteiger partial charge is 0.384 e. The van der Waals surface area contributed by atoms with Crippen LogP contribution in [0.2, 0.25) is 0 Å². The largest absolute Gasteiger partial charge is 0.433 e. The quantitative estimate of drug-likeness (QED) is 0.560. The molecule has 1 aliphatic carbocycles. The Balaban J connectivity index is 2.20. The van der Waals surface area contributed by atoms with Crippen LogP contribution in [-0.4, -0.2) is 21.7 Å². The van der Waals surface area contributed by atoms with E-state index in [2.05, 4.69) is 18.8 Å². The lowest BCUT2D eigenvalue weighted by atomic mass is 9.72. The number of aliphatic hydroxyl groups excluding tert-OH is 1. The number of ether oxygens (including phenoxy) is 1. The van der Waals surface area contributed by atoms with Crippen molar-refractivity contribution in [3.63, 3.8) is 0 Å². The summed E-state index contributed by atoms with van der Waals surface area (Å²) in [6.45, 7) is 13.0. The number of nitrogens with zero attached hydrogens (tertiary/aromatic N) is 2. The number of aliphatic hydroxyl groups is 1. The van der Waals surface area contributed by atoms with Crippen molar-refractivity contribution in [3.8, 4) is 0 Å². The van der Waals surface area contributed by atoms with Gasteiger partial charge >= 0.3 is 6.18 Å². The van der Waals surface area contributed by atoms with Gasteiger partial charge in [-0.05, 0) is 49.1 Å². The monoisotopic (exact) mass is 450 g/mol. The van der Waals surface area contributed by atoms with E-state index >= 15 is 0 Å². The normalized spacial score (nSPS) is 19.2. The van der Waals surface area contributed by atoms with Crippen molar-refractivity contribution in [1.82, 2.24) is 9.97 Å². The zero-order valence-corrected chi connectivity index (χ0v) is 19.7. The molecule has 2 atom stereocenters. The summed E-state index contributed by atoms with van der Waals surface area (Å²) in [5.41, 5.74) is 3.86. The Morgan fingerprint density at radius 3 is 2.41 bits per heavy atom. The maximum Gasteiger partial charge on any atom is 0.433 e. The molecule has 0 aliphatic heterocycles. The highest BCUT2D eigenvalue weighted by atomic mass is 19.4. The first-order chi connectivity index (χ1) is 14.9. The van der Waals surface area contributed by atoms with Crippen molar-refractivity contribution in [2.24, 2.45) is 5.41 Å². The van der Waals surface area contributed by atoms with Gasteiger partial charge in [0.2, 0.25) is 0 Å². The molecule has 2 heterocycles. The van der Waals surface area contributed by atoms with Gasteiger partial charge in [-0.1, -0.05) is 40.7 Å². The summed E-state index contributed by atoms with van der Waals surface area (Å²) in [5, 5.41) is 11.3. The van der Waals surface area contributed by atoms with Crippen LogP contribution in [0.25, 0.3) is 0 Å². The molecule has 32 heavy (non-hydrogen) atoms. The van der Waals surface area contributed by atoms with Gasteiger partial charge in [0.15, 0.2) is 0 Å². The third kappa shape index (κ3) is 4.84. The molecule has 0 saturated heterocycles. The van der Waals surface area contributed by atoms with E-state index in [4.69, 9.17) is 9.72 Å². The minimum Gasteiger partial charge on any atom is -0.384 e. The van der Waals surface area contributed by atoms with Crippen LogP contribution < -0.4 is 0 Å². The second kappa shape index (κ2) is 9.10. The molecule has 0 spiro atoms. The summed E-state index contributed by atoms with van der Waals surface area (Å²) in [4.78, 5) is 8.56. The van der Waals surface area contributed by atoms with Crippen molar-refractivity contribution in [2.45, 2.75) is 85.1 Å². The van der Waals surface area contributed by atoms with Crippen LogP contribution in [-0.2, 0) is 23.8 Å². The topological polar surface area (TPSA) is 55.2 Å². The summed E-state index contributed by atoms with van der Waals surface area (Å²) in [6, 6.07) is 2.21. The number of pyridine rings is 2. The first kappa shape index (κ1) is 24.6. The average molecular weight is 451 g/mol.